The summed E-state index contributed by atoms with van der Waals surface area (Å²) in [6, 6.07) is 1.84. The molecule has 22 heavy (non-hydrogen) atoms. The van der Waals surface area contributed by atoms with Gasteiger partial charge in [0.2, 0.25) is 0 Å². The van der Waals surface area contributed by atoms with Crippen LogP contribution in [0.25, 0.3) is 11.0 Å². The Labute approximate surface area is 129 Å². The van der Waals surface area contributed by atoms with Gasteiger partial charge in [-0.15, -0.1) is 0 Å². The van der Waals surface area contributed by atoms with E-state index in [2.05, 4.69) is 15.4 Å². The van der Waals surface area contributed by atoms with E-state index in [-0.39, 0.29) is 12.0 Å². The van der Waals surface area contributed by atoms with Gasteiger partial charge in [-0.3, -0.25) is 9.48 Å². The number of hydrogen-bond donors (Lipinski definition) is 2. The highest BCUT2D eigenvalue weighted by Gasteiger charge is 2.21. The van der Waals surface area contributed by atoms with Gasteiger partial charge in [0.25, 0.3) is 5.91 Å². The predicted molar refractivity (Wildman–Crippen MR) is 83.5 cm³/mol. The molecule has 2 aromatic rings. The van der Waals surface area contributed by atoms with Crippen LogP contribution < -0.4 is 5.32 Å². The van der Waals surface area contributed by atoms with Crippen molar-refractivity contribution in [2.24, 2.45) is 13.0 Å². The Morgan fingerprint density at radius 1 is 1.50 bits per heavy atom. The summed E-state index contributed by atoms with van der Waals surface area (Å²) in [5, 5.41) is 17.9. The van der Waals surface area contributed by atoms with Crippen LogP contribution in [0.3, 0.4) is 0 Å². The zero-order valence-corrected chi connectivity index (χ0v) is 13.0. The number of nitrogens with zero attached hydrogens (tertiary/aromatic N) is 3. The summed E-state index contributed by atoms with van der Waals surface area (Å²) in [7, 11) is 1.84. The normalized spacial score (nSPS) is 22.0. The molecule has 2 aromatic heterocycles. The molecule has 6 nitrogen and oxygen atoms in total. The largest absolute Gasteiger partial charge is 0.393 e. The molecular weight excluding hydrogens is 280 g/mol. The maximum absolute atomic E-state index is 12.3. The van der Waals surface area contributed by atoms with E-state index in [1.54, 1.807) is 10.9 Å². The van der Waals surface area contributed by atoms with E-state index in [0.717, 1.165) is 42.4 Å². The third-order valence-electron chi connectivity index (χ3n) is 4.43. The molecule has 6 heteroatoms. The second kappa shape index (κ2) is 6.04. The first kappa shape index (κ1) is 15.0. The number of hydrogen-bond acceptors (Lipinski definition) is 4. The Bertz CT molecular complexity index is 695. The number of rotatable bonds is 3. The maximum Gasteiger partial charge on any atom is 0.252 e. The number of amides is 1. The summed E-state index contributed by atoms with van der Waals surface area (Å²) in [5.74, 6) is 0.252. The minimum Gasteiger partial charge on any atom is -0.393 e. The van der Waals surface area contributed by atoms with E-state index in [0.29, 0.717) is 18.0 Å². The second-order valence-electron chi connectivity index (χ2n) is 6.20. The molecule has 2 heterocycles. The van der Waals surface area contributed by atoms with Gasteiger partial charge >= 0.3 is 0 Å². The van der Waals surface area contributed by atoms with E-state index in [4.69, 9.17) is 0 Å². The van der Waals surface area contributed by atoms with Crippen molar-refractivity contribution in [3.8, 4) is 0 Å². The summed E-state index contributed by atoms with van der Waals surface area (Å²) in [6.07, 6.45) is 5.13. The number of fused-ring (bicyclic) bond motifs is 1. The van der Waals surface area contributed by atoms with Gasteiger partial charge in [-0.25, -0.2) is 4.98 Å². The van der Waals surface area contributed by atoms with Crippen LogP contribution in [0.2, 0.25) is 0 Å². The number of aliphatic hydroxyl groups is 1. The highest BCUT2D eigenvalue weighted by atomic mass is 16.3. The second-order valence-corrected chi connectivity index (χ2v) is 6.20. The summed E-state index contributed by atoms with van der Waals surface area (Å²) in [5.41, 5.74) is 2.21. The Morgan fingerprint density at radius 2 is 2.32 bits per heavy atom. The van der Waals surface area contributed by atoms with Crippen LogP contribution in [-0.2, 0) is 7.05 Å². The van der Waals surface area contributed by atoms with E-state index >= 15 is 0 Å². The SMILES string of the molecule is Cc1nn(C)c2ncc(C(=O)NCC3CCCC(O)C3)cc12. The van der Waals surface area contributed by atoms with Gasteiger partial charge in [0.1, 0.15) is 0 Å². The lowest BCUT2D eigenvalue weighted by Gasteiger charge is -2.25. The molecule has 0 saturated heterocycles. The van der Waals surface area contributed by atoms with Gasteiger partial charge in [-0.1, -0.05) is 6.42 Å². The average Bonchev–Trinajstić information content (AvgIpc) is 2.79. The number of carbonyl (C=O) groups excluding carboxylic acids is 1. The number of pyridine rings is 1. The van der Waals surface area contributed by atoms with Crippen LogP contribution in [0.15, 0.2) is 12.3 Å². The van der Waals surface area contributed by atoms with Crippen LogP contribution in [0.1, 0.15) is 41.7 Å². The zero-order chi connectivity index (χ0) is 15.7. The van der Waals surface area contributed by atoms with E-state index in [9.17, 15) is 9.90 Å². The third kappa shape index (κ3) is 2.97. The molecule has 2 N–H and O–H groups in total. The van der Waals surface area contributed by atoms with Crippen molar-refractivity contribution < 1.29 is 9.90 Å². The van der Waals surface area contributed by atoms with Crippen molar-refractivity contribution in [3.63, 3.8) is 0 Å². The van der Waals surface area contributed by atoms with Gasteiger partial charge in [-0.05, 0) is 38.2 Å². The number of nitrogens with one attached hydrogen (secondary N) is 1. The molecule has 1 aliphatic carbocycles. The summed E-state index contributed by atoms with van der Waals surface area (Å²) < 4.78 is 1.72. The van der Waals surface area contributed by atoms with Crippen LogP contribution in [0.5, 0.6) is 0 Å². The average molecular weight is 302 g/mol. The van der Waals surface area contributed by atoms with Crippen LogP contribution >= 0.6 is 0 Å². The molecule has 1 saturated carbocycles. The quantitative estimate of drug-likeness (QED) is 0.901. The smallest absolute Gasteiger partial charge is 0.252 e. The molecule has 3 rings (SSSR count). The molecule has 2 unspecified atom stereocenters. The van der Waals surface area contributed by atoms with E-state index in [1.807, 2.05) is 20.0 Å². The molecule has 0 aliphatic heterocycles. The monoisotopic (exact) mass is 302 g/mol. The summed E-state index contributed by atoms with van der Waals surface area (Å²) in [4.78, 5) is 16.6. The molecule has 0 radical (unpaired) electrons. The standard InChI is InChI=1S/C16H22N4O2/c1-10-14-7-12(9-17-15(14)20(2)19-10)16(22)18-8-11-4-3-5-13(21)6-11/h7,9,11,13,21H,3-6,8H2,1-2H3,(H,18,22). The lowest BCUT2D eigenvalue weighted by molar-refractivity contribution is 0.0873. The highest BCUT2D eigenvalue weighted by molar-refractivity contribution is 5.97. The van der Waals surface area contributed by atoms with Crippen molar-refractivity contribution >= 4 is 16.9 Å². The van der Waals surface area contributed by atoms with Crippen molar-refractivity contribution in [2.45, 2.75) is 38.7 Å². The minimum atomic E-state index is -0.216. The molecule has 1 amide bonds. The van der Waals surface area contributed by atoms with Gasteiger partial charge in [-0.2, -0.15) is 5.10 Å². The van der Waals surface area contributed by atoms with Crippen LogP contribution in [-0.4, -0.2) is 38.4 Å². The zero-order valence-electron chi connectivity index (χ0n) is 13.0. The fourth-order valence-corrected chi connectivity index (χ4v) is 3.22. The minimum absolute atomic E-state index is 0.113. The summed E-state index contributed by atoms with van der Waals surface area (Å²) >= 11 is 0. The van der Waals surface area contributed by atoms with Crippen LogP contribution in [0, 0.1) is 12.8 Å². The highest BCUT2D eigenvalue weighted by Crippen LogP contribution is 2.23. The molecule has 118 valence electrons. The first-order chi connectivity index (χ1) is 10.5. The van der Waals surface area contributed by atoms with Gasteiger partial charge in [0, 0.05) is 25.2 Å². The summed E-state index contributed by atoms with van der Waals surface area (Å²) in [6.45, 7) is 2.52. The van der Waals surface area contributed by atoms with Crippen molar-refractivity contribution in [1.82, 2.24) is 20.1 Å². The molecule has 2 atom stereocenters. The Hall–Kier alpha value is -1.95. The number of aryl methyl sites for hydroxylation is 2. The van der Waals surface area contributed by atoms with Crippen LogP contribution in [0.4, 0.5) is 0 Å². The van der Waals surface area contributed by atoms with Gasteiger partial charge < -0.3 is 10.4 Å². The maximum atomic E-state index is 12.3. The van der Waals surface area contributed by atoms with E-state index < -0.39 is 0 Å². The van der Waals surface area contributed by atoms with E-state index in [1.165, 1.54) is 0 Å². The fourth-order valence-electron chi connectivity index (χ4n) is 3.22. The number of carbonyl (C=O) groups is 1. The topological polar surface area (TPSA) is 80.0 Å². The Morgan fingerprint density at radius 3 is 3.09 bits per heavy atom. The molecule has 0 bridgehead atoms. The van der Waals surface area contributed by atoms with Crippen molar-refractivity contribution in [2.75, 3.05) is 6.54 Å². The lowest BCUT2D eigenvalue weighted by Crippen LogP contribution is -2.33. The first-order valence-corrected chi connectivity index (χ1v) is 7.80. The predicted octanol–water partition coefficient (Wildman–Crippen LogP) is 1.56. The number of aromatic nitrogens is 3. The molecule has 0 spiro atoms. The number of aliphatic hydroxyl groups excluding tert-OH is 1. The Balaban J connectivity index is 1.68. The van der Waals surface area contributed by atoms with Crippen molar-refractivity contribution in [1.29, 1.82) is 0 Å². The third-order valence-corrected chi connectivity index (χ3v) is 4.43. The lowest BCUT2D eigenvalue weighted by atomic mass is 9.87. The molecule has 1 aliphatic rings. The molecule has 0 aromatic carbocycles. The van der Waals surface area contributed by atoms with Gasteiger partial charge in [0.15, 0.2) is 5.65 Å². The van der Waals surface area contributed by atoms with Crippen molar-refractivity contribution in [3.05, 3.63) is 23.5 Å². The molecule has 1 fully saturated rings. The molecular formula is C16H22N4O2. The fraction of sp³-hybridized carbons (Fsp3) is 0.562. The van der Waals surface area contributed by atoms with Gasteiger partial charge in [0.05, 0.1) is 17.4 Å². The first-order valence-electron chi connectivity index (χ1n) is 7.80. The Kier molecular flexibility index (Phi) is 4.11.